The molecule has 5 heteroatoms. The van der Waals surface area contributed by atoms with Gasteiger partial charge in [-0.2, -0.15) is 0 Å². The van der Waals surface area contributed by atoms with Crippen LogP contribution in [-0.4, -0.2) is 42.0 Å². The molecule has 1 atom stereocenters. The Morgan fingerprint density at radius 3 is 3.00 bits per heavy atom. The first-order valence-electron chi connectivity index (χ1n) is 7.62. The van der Waals surface area contributed by atoms with E-state index >= 15 is 0 Å². The van der Waals surface area contributed by atoms with E-state index in [1.165, 1.54) is 12.1 Å². The minimum Gasteiger partial charge on any atom is -0.337 e. The first kappa shape index (κ1) is 14.9. The van der Waals surface area contributed by atoms with Gasteiger partial charge in [0.05, 0.1) is 16.8 Å². The Hall–Kier alpha value is -2.01. The lowest BCUT2D eigenvalue weighted by molar-refractivity contribution is 0.0697. The highest BCUT2D eigenvalue weighted by Crippen LogP contribution is 2.20. The van der Waals surface area contributed by atoms with Gasteiger partial charge < -0.3 is 10.2 Å². The molecule has 0 saturated carbocycles. The van der Waals surface area contributed by atoms with E-state index in [2.05, 4.69) is 10.3 Å². The van der Waals surface area contributed by atoms with Gasteiger partial charge in [-0.15, -0.1) is 0 Å². The Labute approximate surface area is 129 Å². The van der Waals surface area contributed by atoms with Gasteiger partial charge in [0, 0.05) is 30.6 Å². The monoisotopic (exact) mass is 301 g/mol. The van der Waals surface area contributed by atoms with Crippen molar-refractivity contribution in [3.8, 4) is 0 Å². The summed E-state index contributed by atoms with van der Waals surface area (Å²) in [6.07, 6.45) is 2.09. The second-order valence-corrected chi connectivity index (χ2v) is 5.84. The molecule has 4 nitrogen and oxygen atoms in total. The normalized spacial score (nSPS) is 18.7. The lowest BCUT2D eigenvalue weighted by Gasteiger charge is -2.32. The maximum Gasteiger partial charge on any atom is 0.255 e. The lowest BCUT2D eigenvalue weighted by atomic mass is 10.0. The molecule has 22 heavy (non-hydrogen) atoms. The number of nitrogens with zero attached hydrogens (tertiary/aromatic N) is 2. The number of hydrogen-bond donors (Lipinski definition) is 1. The Kier molecular flexibility index (Phi) is 4.07. The highest BCUT2D eigenvalue weighted by Gasteiger charge is 2.25. The summed E-state index contributed by atoms with van der Waals surface area (Å²) < 4.78 is 13.3. The van der Waals surface area contributed by atoms with Gasteiger partial charge in [0.15, 0.2) is 0 Å². The van der Waals surface area contributed by atoms with Gasteiger partial charge in [-0.3, -0.25) is 9.78 Å². The number of rotatable bonds is 2. The molecule has 1 aromatic carbocycles. The fourth-order valence-corrected chi connectivity index (χ4v) is 3.02. The van der Waals surface area contributed by atoms with Gasteiger partial charge in [-0.1, -0.05) is 0 Å². The molecule has 0 spiro atoms. The number of hydrogen-bond acceptors (Lipinski definition) is 3. The van der Waals surface area contributed by atoms with E-state index in [1.807, 2.05) is 18.0 Å². The fourth-order valence-electron chi connectivity index (χ4n) is 3.02. The molecule has 2 aromatic rings. The largest absolute Gasteiger partial charge is 0.337 e. The summed E-state index contributed by atoms with van der Waals surface area (Å²) in [6.45, 7) is 3.30. The third-order valence-electron chi connectivity index (χ3n) is 4.32. The van der Waals surface area contributed by atoms with Crippen molar-refractivity contribution in [1.29, 1.82) is 0 Å². The number of nitrogens with one attached hydrogen (secondary N) is 1. The smallest absolute Gasteiger partial charge is 0.255 e. The van der Waals surface area contributed by atoms with Crippen molar-refractivity contribution in [2.24, 2.45) is 0 Å². The molecule has 116 valence electrons. The predicted octanol–water partition coefficient (Wildman–Crippen LogP) is 2.51. The number of carbonyl (C=O) groups excluding carboxylic acids is 1. The quantitative estimate of drug-likeness (QED) is 0.927. The SMILES string of the molecule is CN[C@H]1CCCN(C(=O)c2cc3ccc(F)cc3nc2C)C1. The molecule has 1 aromatic heterocycles. The van der Waals surface area contributed by atoms with Crippen LogP contribution in [0.3, 0.4) is 0 Å². The first-order chi connectivity index (χ1) is 10.6. The van der Waals surface area contributed by atoms with Crippen LogP contribution in [0.15, 0.2) is 24.3 Å². The molecular formula is C17H20FN3O. The van der Waals surface area contributed by atoms with Crippen molar-refractivity contribution in [2.75, 3.05) is 20.1 Å². The average molecular weight is 301 g/mol. The molecule has 1 amide bonds. The summed E-state index contributed by atoms with van der Waals surface area (Å²) >= 11 is 0. The number of amides is 1. The Bertz CT molecular complexity index is 716. The van der Waals surface area contributed by atoms with Gasteiger partial charge in [0.2, 0.25) is 0 Å². The topological polar surface area (TPSA) is 45.2 Å². The van der Waals surface area contributed by atoms with E-state index in [0.29, 0.717) is 22.8 Å². The summed E-state index contributed by atoms with van der Waals surface area (Å²) in [5.74, 6) is -0.303. The van der Waals surface area contributed by atoms with Crippen LogP contribution in [0.5, 0.6) is 0 Å². The van der Waals surface area contributed by atoms with Gasteiger partial charge in [0.25, 0.3) is 5.91 Å². The van der Waals surface area contributed by atoms with Crippen molar-refractivity contribution < 1.29 is 9.18 Å². The lowest BCUT2D eigenvalue weighted by Crippen LogP contribution is -2.47. The van der Waals surface area contributed by atoms with E-state index in [4.69, 9.17) is 0 Å². The van der Waals surface area contributed by atoms with Crippen LogP contribution < -0.4 is 5.32 Å². The molecule has 1 saturated heterocycles. The second-order valence-electron chi connectivity index (χ2n) is 5.84. The molecule has 0 aliphatic carbocycles. The number of fused-ring (bicyclic) bond motifs is 1. The Morgan fingerprint density at radius 2 is 2.23 bits per heavy atom. The van der Waals surface area contributed by atoms with Crippen LogP contribution in [0.2, 0.25) is 0 Å². The van der Waals surface area contributed by atoms with E-state index < -0.39 is 0 Å². The summed E-state index contributed by atoms with van der Waals surface area (Å²) in [6, 6.07) is 6.63. The molecule has 0 bridgehead atoms. The van der Waals surface area contributed by atoms with Crippen LogP contribution in [-0.2, 0) is 0 Å². The molecule has 1 aliphatic heterocycles. The summed E-state index contributed by atoms with van der Waals surface area (Å²) in [4.78, 5) is 19.0. The number of carbonyl (C=O) groups is 1. The third kappa shape index (κ3) is 2.81. The molecule has 0 unspecified atom stereocenters. The zero-order valence-corrected chi connectivity index (χ0v) is 12.9. The van der Waals surface area contributed by atoms with Crippen molar-refractivity contribution >= 4 is 16.8 Å². The van der Waals surface area contributed by atoms with E-state index in [0.717, 1.165) is 31.3 Å². The van der Waals surface area contributed by atoms with Gasteiger partial charge >= 0.3 is 0 Å². The summed E-state index contributed by atoms with van der Waals surface area (Å²) in [5, 5.41) is 4.03. The van der Waals surface area contributed by atoms with Gasteiger partial charge in [-0.05, 0) is 45.0 Å². The number of likely N-dealkylation sites (tertiary alicyclic amines) is 1. The highest BCUT2D eigenvalue weighted by atomic mass is 19.1. The van der Waals surface area contributed by atoms with E-state index in [1.54, 1.807) is 13.0 Å². The summed E-state index contributed by atoms with van der Waals surface area (Å²) in [7, 11) is 1.93. The van der Waals surface area contributed by atoms with Crippen molar-refractivity contribution in [3.05, 3.63) is 41.3 Å². The minimum atomic E-state index is -0.314. The summed E-state index contributed by atoms with van der Waals surface area (Å²) in [5.41, 5.74) is 1.84. The number of halogens is 1. The Morgan fingerprint density at radius 1 is 1.41 bits per heavy atom. The van der Waals surface area contributed by atoms with Crippen molar-refractivity contribution in [3.63, 3.8) is 0 Å². The third-order valence-corrected chi connectivity index (χ3v) is 4.32. The van der Waals surface area contributed by atoms with Crippen LogP contribution in [0.1, 0.15) is 28.9 Å². The molecule has 2 heterocycles. The van der Waals surface area contributed by atoms with E-state index in [9.17, 15) is 9.18 Å². The number of benzene rings is 1. The molecular weight excluding hydrogens is 281 g/mol. The van der Waals surface area contributed by atoms with Crippen molar-refractivity contribution in [2.45, 2.75) is 25.8 Å². The van der Waals surface area contributed by atoms with Crippen LogP contribution in [0.25, 0.3) is 10.9 Å². The number of piperidine rings is 1. The zero-order valence-electron chi connectivity index (χ0n) is 12.9. The molecule has 1 fully saturated rings. The minimum absolute atomic E-state index is 0.0103. The van der Waals surface area contributed by atoms with Gasteiger partial charge in [0.1, 0.15) is 5.82 Å². The van der Waals surface area contributed by atoms with Crippen LogP contribution in [0.4, 0.5) is 4.39 Å². The Balaban J connectivity index is 1.93. The average Bonchev–Trinajstić information content (AvgIpc) is 2.53. The molecule has 3 rings (SSSR count). The van der Waals surface area contributed by atoms with E-state index in [-0.39, 0.29) is 11.7 Å². The van der Waals surface area contributed by atoms with Crippen molar-refractivity contribution in [1.82, 2.24) is 15.2 Å². The molecule has 1 N–H and O–H groups in total. The van der Waals surface area contributed by atoms with Crippen LogP contribution >= 0.6 is 0 Å². The number of aryl methyl sites for hydroxylation is 1. The molecule has 0 radical (unpaired) electrons. The number of likely N-dealkylation sites (N-methyl/N-ethyl adjacent to an activating group) is 1. The predicted molar refractivity (Wildman–Crippen MR) is 84.4 cm³/mol. The first-order valence-corrected chi connectivity index (χ1v) is 7.62. The molecule has 1 aliphatic rings. The van der Waals surface area contributed by atoms with Crippen LogP contribution in [0, 0.1) is 12.7 Å². The highest BCUT2D eigenvalue weighted by molar-refractivity contribution is 5.98. The maximum atomic E-state index is 13.3. The standard InChI is InChI=1S/C17H20FN3O/c1-11-15(8-12-5-6-13(18)9-16(12)20-11)17(22)21-7-3-4-14(10-21)19-2/h5-6,8-9,14,19H,3-4,7,10H2,1-2H3/t14-/m0/s1. The maximum absolute atomic E-state index is 13.3. The number of aromatic nitrogens is 1. The number of pyridine rings is 1. The van der Waals surface area contributed by atoms with Gasteiger partial charge in [-0.25, -0.2) is 4.39 Å². The zero-order chi connectivity index (χ0) is 15.7. The second kappa shape index (κ2) is 6.01. The fraction of sp³-hybridized carbons (Fsp3) is 0.412.